The lowest BCUT2D eigenvalue weighted by Crippen LogP contribution is -2.49. The number of rotatable bonds is 6. The maximum absolute atomic E-state index is 12.9. The van der Waals surface area contributed by atoms with Gasteiger partial charge in [-0.1, -0.05) is 36.4 Å². The molecule has 1 amide bonds. The minimum atomic E-state index is -0.287. The lowest BCUT2D eigenvalue weighted by atomic mass is 9.94. The quantitative estimate of drug-likeness (QED) is 0.727. The molecule has 0 N–H and O–H groups in total. The molecule has 3 fully saturated rings. The average molecular weight is 377 g/mol. The van der Waals surface area contributed by atoms with E-state index in [0.717, 1.165) is 43.7 Å². The van der Waals surface area contributed by atoms with Crippen molar-refractivity contribution in [3.8, 4) is 0 Å². The number of benzene rings is 1. The number of piperidine rings is 1. The van der Waals surface area contributed by atoms with Crippen LogP contribution in [0, 0.1) is 5.92 Å². The van der Waals surface area contributed by atoms with Gasteiger partial charge in [0, 0.05) is 44.8 Å². The number of ketones is 1. The summed E-state index contributed by atoms with van der Waals surface area (Å²) in [6, 6.07) is 16.0. The first-order chi connectivity index (χ1) is 13.7. The van der Waals surface area contributed by atoms with Crippen LogP contribution in [0.1, 0.15) is 30.5 Å². The highest BCUT2D eigenvalue weighted by Crippen LogP contribution is 2.29. The molecule has 5 nitrogen and oxygen atoms in total. The predicted octanol–water partition coefficient (Wildman–Crippen LogP) is 2.71. The van der Waals surface area contributed by atoms with Crippen LogP contribution in [0.2, 0.25) is 0 Å². The lowest BCUT2D eigenvalue weighted by Gasteiger charge is -2.35. The Balaban J connectivity index is 1.37. The number of fused-ring (bicyclic) bond motifs is 4. The van der Waals surface area contributed by atoms with E-state index >= 15 is 0 Å². The zero-order valence-corrected chi connectivity index (χ0v) is 16.2. The van der Waals surface area contributed by atoms with Crippen LogP contribution in [0.25, 0.3) is 0 Å². The fourth-order valence-corrected chi connectivity index (χ4v) is 4.45. The molecule has 28 heavy (non-hydrogen) atoms. The molecule has 0 spiro atoms. The van der Waals surface area contributed by atoms with Gasteiger partial charge in [0.1, 0.15) is 0 Å². The normalized spacial score (nSPS) is 22.1. The first kappa shape index (κ1) is 18.8. The van der Waals surface area contributed by atoms with Crippen molar-refractivity contribution in [2.24, 2.45) is 5.92 Å². The summed E-state index contributed by atoms with van der Waals surface area (Å²) in [5.41, 5.74) is 2.16. The summed E-state index contributed by atoms with van der Waals surface area (Å²) in [4.78, 5) is 34.1. The van der Waals surface area contributed by atoms with Crippen LogP contribution in [-0.2, 0) is 22.6 Å². The number of hydrogen-bond donors (Lipinski definition) is 0. The number of aryl methyl sites for hydroxylation is 1. The third kappa shape index (κ3) is 4.47. The maximum atomic E-state index is 12.9. The number of Topliss-reactive ketones (excluding diaryl/α,β-unsaturated/α-hetero) is 1. The fourth-order valence-electron chi connectivity index (χ4n) is 4.45. The molecule has 5 rings (SSSR count). The minimum Gasteiger partial charge on any atom is -0.332 e. The summed E-state index contributed by atoms with van der Waals surface area (Å²) >= 11 is 0. The molecule has 0 saturated carbocycles. The van der Waals surface area contributed by atoms with Gasteiger partial charge in [-0.15, -0.1) is 0 Å². The highest BCUT2D eigenvalue weighted by molar-refractivity contribution is 6.36. The minimum absolute atomic E-state index is 0.135. The van der Waals surface area contributed by atoms with Gasteiger partial charge >= 0.3 is 0 Å². The highest BCUT2D eigenvalue weighted by Gasteiger charge is 2.38. The summed E-state index contributed by atoms with van der Waals surface area (Å²) in [7, 11) is 0. The number of amides is 1. The van der Waals surface area contributed by atoms with E-state index in [9.17, 15) is 9.59 Å². The van der Waals surface area contributed by atoms with Crippen molar-refractivity contribution in [3.05, 3.63) is 66.0 Å². The molecule has 2 aromatic rings. The summed E-state index contributed by atoms with van der Waals surface area (Å²) in [5.74, 6) is -0.105. The Kier molecular flexibility index (Phi) is 5.81. The average Bonchev–Trinajstić information content (AvgIpc) is 3.03. The molecule has 146 valence electrons. The number of pyridine rings is 1. The Labute approximate surface area is 166 Å². The van der Waals surface area contributed by atoms with Crippen LogP contribution in [0.4, 0.5) is 0 Å². The van der Waals surface area contributed by atoms with Gasteiger partial charge < -0.3 is 4.90 Å². The van der Waals surface area contributed by atoms with E-state index in [1.807, 2.05) is 59.6 Å². The van der Waals surface area contributed by atoms with E-state index in [4.69, 9.17) is 0 Å². The summed E-state index contributed by atoms with van der Waals surface area (Å²) in [6.07, 6.45) is 4.85. The first-order valence-corrected chi connectivity index (χ1v) is 10.2. The van der Waals surface area contributed by atoms with Crippen LogP contribution in [0.3, 0.4) is 0 Å². The van der Waals surface area contributed by atoms with E-state index in [1.54, 1.807) is 0 Å². The maximum Gasteiger partial charge on any atom is 0.290 e. The van der Waals surface area contributed by atoms with E-state index in [0.29, 0.717) is 18.9 Å². The second-order valence-electron chi connectivity index (χ2n) is 7.98. The molecule has 5 heteroatoms. The predicted molar refractivity (Wildman–Crippen MR) is 108 cm³/mol. The van der Waals surface area contributed by atoms with Gasteiger partial charge in [-0.2, -0.15) is 0 Å². The van der Waals surface area contributed by atoms with Gasteiger partial charge in [0.15, 0.2) is 0 Å². The van der Waals surface area contributed by atoms with Gasteiger partial charge in [0.2, 0.25) is 5.78 Å². The molecule has 1 aromatic heterocycles. The van der Waals surface area contributed by atoms with Crippen molar-refractivity contribution < 1.29 is 9.59 Å². The van der Waals surface area contributed by atoms with Crippen LogP contribution in [-0.4, -0.2) is 52.2 Å². The summed E-state index contributed by atoms with van der Waals surface area (Å²) < 4.78 is 0. The van der Waals surface area contributed by atoms with Crippen molar-refractivity contribution in [2.75, 3.05) is 19.6 Å². The fraction of sp³-hybridized carbons (Fsp3) is 0.435. The smallest absolute Gasteiger partial charge is 0.290 e. The van der Waals surface area contributed by atoms with Gasteiger partial charge in [-0.05, 0) is 42.9 Å². The molecule has 0 aliphatic carbocycles. The number of nitrogens with zero attached hydrogens (tertiary/aromatic N) is 3. The van der Waals surface area contributed by atoms with Gasteiger partial charge in [0.05, 0.1) is 5.69 Å². The SMILES string of the molecule is O=C(CCc1ccccc1)C(=O)N1CC2CCC1CN(Cc1ccccn1)C2. The van der Waals surface area contributed by atoms with Crippen molar-refractivity contribution in [3.63, 3.8) is 0 Å². The molecule has 4 heterocycles. The molecule has 3 aliphatic rings. The van der Waals surface area contributed by atoms with Gasteiger partial charge in [-0.3, -0.25) is 19.5 Å². The topological polar surface area (TPSA) is 53.5 Å². The van der Waals surface area contributed by atoms with Crippen molar-refractivity contribution in [2.45, 2.75) is 38.3 Å². The second-order valence-corrected chi connectivity index (χ2v) is 7.98. The zero-order chi connectivity index (χ0) is 19.3. The second kappa shape index (κ2) is 8.65. The van der Waals surface area contributed by atoms with E-state index in [2.05, 4.69) is 9.88 Å². The first-order valence-electron chi connectivity index (χ1n) is 10.2. The molecule has 0 radical (unpaired) electrons. The van der Waals surface area contributed by atoms with Gasteiger partial charge in [-0.25, -0.2) is 0 Å². The Morgan fingerprint density at radius 1 is 0.964 bits per heavy atom. The standard InChI is InChI=1S/C23H27N3O2/c27-22(12-10-18-6-2-1-3-7-18)23(28)26-15-19-9-11-21(26)17-25(14-19)16-20-8-4-5-13-24-20/h1-8,13,19,21H,9-12,14-17H2. The molecule has 2 atom stereocenters. The molecular weight excluding hydrogens is 350 g/mol. The monoisotopic (exact) mass is 377 g/mol. The Morgan fingerprint density at radius 3 is 2.57 bits per heavy atom. The molecule has 1 aromatic carbocycles. The summed E-state index contributed by atoms with van der Waals surface area (Å²) in [5, 5.41) is 0. The molecular formula is C23H27N3O2. The van der Waals surface area contributed by atoms with Gasteiger partial charge in [0.25, 0.3) is 5.91 Å². The third-order valence-corrected chi connectivity index (χ3v) is 5.88. The van der Waals surface area contributed by atoms with Crippen LogP contribution >= 0.6 is 0 Å². The van der Waals surface area contributed by atoms with Crippen LogP contribution in [0.15, 0.2) is 54.7 Å². The molecule has 2 unspecified atom stereocenters. The van der Waals surface area contributed by atoms with Crippen LogP contribution < -0.4 is 0 Å². The van der Waals surface area contributed by atoms with E-state index in [-0.39, 0.29) is 24.2 Å². The molecule has 2 bridgehead atoms. The number of hydrogen-bond acceptors (Lipinski definition) is 4. The van der Waals surface area contributed by atoms with E-state index in [1.165, 1.54) is 0 Å². The number of carbonyl (C=O) groups excluding carboxylic acids is 2. The highest BCUT2D eigenvalue weighted by atomic mass is 16.2. The van der Waals surface area contributed by atoms with Crippen LogP contribution in [0.5, 0.6) is 0 Å². The zero-order valence-electron chi connectivity index (χ0n) is 16.2. The summed E-state index contributed by atoms with van der Waals surface area (Å²) in [6.45, 7) is 3.30. The van der Waals surface area contributed by atoms with Crippen molar-refractivity contribution in [1.82, 2.24) is 14.8 Å². The largest absolute Gasteiger partial charge is 0.332 e. The Morgan fingerprint density at radius 2 is 1.79 bits per heavy atom. The number of aromatic nitrogens is 1. The number of carbonyl (C=O) groups is 2. The lowest BCUT2D eigenvalue weighted by molar-refractivity contribution is -0.147. The third-order valence-electron chi connectivity index (χ3n) is 5.88. The van der Waals surface area contributed by atoms with Crippen molar-refractivity contribution >= 4 is 11.7 Å². The Hall–Kier alpha value is -2.53. The Bertz CT molecular complexity index is 809. The van der Waals surface area contributed by atoms with Crippen molar-refractivity contribution in [1.29, 1.82) is 0 Å². The molecule has 3 saturated heterocycles. The van der Waals surface area contributed by atoms with E-state index < -0.39 is 0 Å². The molecule has 3 aliphatic heterocycles.